The van der Waals surface area contributed by atoms with Crippen molar-refractivity contribution in [3.05, 3.63) is 76.1 Å². The van der Waals surface area contributed by atoms with Gasteiger partial charge in [0.2, 0.25) is 18.4 Å². The highest BCUT2D eigenvalue weighted by Crippen LogP contribution is 2.33. The van der Waals surface area contributed by atoms with E-state index in [0.717, 1.165) is 17.5 Å². The summed E-state index contributed by atoms with van der Waals surface area (Å²) < 4.78 is 10.7. The maximum Gasteiger partial charge on any atom is 0.353 e. The molecular formula is C20H19N5O4. The van der Waals surface area contributed by atoms with Crippen molar-refractivity contribution in [2.45, 2.75) is 13.0 Å². The van der Waals surface area contributed by atoms with Gasteiger partial charge in [-0.3, -0.25) is 10.1 Å². The van der Waals surface area contributed by atoms with E-state index >= 15 is 0 Å². The van der Waals surface area contributed by atoms with Gasteiger partial charge in [-0.2, -0.15) is 0 Å². The van der Waals surface area contributed by atoms with E-state index in [2.05, 4.69) is 20.6 Å². The van der Waals surface area contributed by atoms with Crippen LogP contribution < -0.4 is 20.1 Å². The van der Waals surface area contributed by atoms with Gasteiger partial charge in [-0.25, -0.2) is 9.97 Å². The molecule has 0 aliphatic carbocycles. The lowest BCUT2D eigenvalue weighted by Gasteiger charge is -2.10. The fraction of sp³-hybridized carbons (Fsp3) is 0.200. The molecule has 29 heavy (non-hydrogen) atoms. The van der Waals surface area contributed by atoms with Gasteiger partial charge in [0.05, 0.1) is 4.92 Å². The Labute approximate surface area is 166 Å². The lowest BCUT2D eigenvalue weighted by molar-refractivity contribution is -0.383. The Hall–Kier alpha value is -3.88. The van der Waals surface area contributed by atoms with E-state index in [9.17, 15) is 10.1 Å². The predicted molar refractivity (Wildman–Crippen MR) is 107 cm³/mol. The van der Waals surface area contributed by atoms with Crippen molar-refractivity contribution in [1.29, 1.82) is 0 Å². The lowest BCUT2D eigenvalue weighted by atomic mass is 10.1. The molecule has 9 heteroatoms. The normalized spacial score (nSPS) is 11.9. The third-order valence-corrected chi connectivity index (χ3v) is 4.45. The minimum Gasteiger partial charge on any atom is -0.454 e. The summed E-state index contributed by atoms with van der Waals surface area (Å²) in [5, 5.41) is 17.7. The standard InChI is InChI=1S/C20H19N5O4/c26-25(27)18-19(21-9-8-14-4-2-1-3-5-14)23-12-24-20(18)22-11-15-6-7-16-17(10-15)29-13-28-16/h1-7,10,12H,8-9,11,13H2,(H2,21,22,23,24). The van der Waals surface area contributed by atoms with Crippen molar-refractivity contribution in [2.24, 2.45) is 0 Å². The van der Waals surface area contributed by atoms with Crippen LogP contribution in [0.3, 0.4) is 0 Å². The van der Waals surface area contributed by atoms with E-state index in [1.807, 2.05) is 48.5 Å². The number of rotatable bonds is 8. The van der Waals surface area contributed by atoms with E-state index in [4.69, 9.17) is 9.47 Å². The van der Waals surface area contributed by atoms with Crippen LogP contribution in [0.4, 0.5) is 17.3 Å². The Kier molecular flexibility index (Phi) is 5.37. The number of hydrogen-bond acceptors (Lipinski definition) is 8. The number of aromatic nitrogens is 2. The first-order valence-corrected chi connectivity index (χ1v) is 9.10. The van der Waals surface area contributed by atoms with Crippen LogP contribution in [0.25, 0.3) is 0 Å². The van der Waals surface area contributed by atoms with Crippen molar-refractivity contribution in [3.63, 3.8) is 0 Å². The average Bonchev–Trinajstić information content (AvgIpc) is 3.21. The van der Waals surface area contributed by atoms with Gasteiger partial charge in [0, 0.05) is 13.1 Å². The zero-order valence-electron chi connectivity index (χ0n) is 15.5. The molecule has 2 heterocycles. The quantitative estimate of drug-likeness (QED) is 0.443. The number of nitro groups is 1. The number of nitrogens with one attached hydrogen (secondary N) is 2. The molecule has 148 valence electrons. The molecule has 0 atom stereocenters. The highest BCUT2D eigenvalue weighted by atomic mass is 16.7. The number of ether oxygens (including phenoxy) is 2. The molecule has 1 aromatic heterocycles. The summed E-state index contributed by atoms with van der Waals surface area (Å²) in [4.78, 5) is 19.3. The molecule has 2 N–H and O–H groups in total. The minimum absolute atomic E-state index is 0.157. The van der Waals surface area contributed by atoms with Crippen LogP contribution in [0.15, 0.2) is 54.9 Å². The minimum atomic E-state index is -0.479. The van der Waals surface area contributed by atoms with Crippen LogP contribution in [0.5, 0.6) is 11.5 Å². The summed E-state index contributed by atoms with van der Waals surface area (Å²) in [6.07, 6.45) is 2.03. The summed E-state index contributed by atoms with van der Waals surface area (Å²) in [7, 11) is 0. The van der Waals surface area contributed by atoms with E-state index in [0.29, 0.717) is 24.6 Å². The molecule has 0 bridgehead atoms. The zero-order chi connectivity index (χ0) is 20.1. The molecule has 0 amide bonds. The van der Waals surface area contributed by atoms with Crippen LogP contribution >= 0.6 is 0 Å². The van der Waals surface area contributed by atoms with Crippen LogP contribution in [-0.4, -0.2) is 28.2 Å². The topological polar surface area (TPSA) is 111 Å². The molecule has 0 spiro atoms. The van der Waals surface area contributed by atoms with Crippen LogP contribution in [0, 0.1) is 10.1 Å². The summed E-state index contributed by atoms with van der Waals surface area (Å²) in [6, 6.07) is 15.4. The molecule has 3 aromatic rings. The molecule has 0 fully saturated rings. The lowest BCUT2D eigenvalue weighted by Crippen LogP contribution is -2.12. The van der Waals surface area contributed by atoms with E-state index < -0.39 is 4.92 Å². The molecule has 2 aromatic carbocycles. The Morgan fingerprint density at radius 1 is 0.966 bits per heavy atom. The van der Waals surface area contributed by atoms with Crippen molar-refractivity contribution >= 4 is 17.3 Å². The van der Waals surface area contributed by atoms with Crippen molar-refractivity contribution in [3.8, 4) is 11.5 Å². The van der Waals surface area contributed by atoms with Crippen molar-refractivity contribution in [1.82, 2.24) is 9.97 Å². The zero-order valence-corrected chi connectivity index (χ0v) is 15.5. The van der Waals surface area contributed by atoms with Crippen LogP contribution in [0.2, 0.25) is 0 Å². The number of anilines is 2. The van der Waals surface area contributed by atoms with Gasteiger partial charge in [-0.1, -0.05) is 36.4 Å². The molecule has 4 rings (SSSR count). The second-order valence-corrected chi connectivity index (χ2v) is 6.38. The summed E-state index contributed by atoms with van der Waals surface area (Å²) in [5.74, 6) is 1.69. The van der Waals surface area contributed by atoms with Gasteiger partial charge in [-0.05, 0) is 29.7 Å². The Bertz CT molecular complexity index is 1010. The average molecular weight is 393 g/mol. The molecule has 0 unspecified atom stereocenters. The van der Waals surface area contributed by atoms with Gasteiger partial charge >= 0.3 is 5.69 Å². The molecule has 0 radical (unpaired) electrons. The highest BCUT2D eigenvalue weighted by Gasteiger charge is 2.23. The third-order valence-electron chi connectivity index (χ3n) is 4.45. The second kappa shape index (κ2) is 8.42. The number of benzene rings is 2. The van der Waals surface area contributed by atoms with Crippen LogP contribution in [-0.2, 0) is 13.0 Å². The van der Waals surface area contributed by atoms with E-state index in [-0.39, 0.29) is 24.1 Å². The molecule has 9 nitrogen and oxygen atoms in total. The fourth-order valence-corrected chi connectivity index (χ4v) is 3.02. The Morgan fingerprint density at radius 3 is 2.52 bits per heavy atom. The maximum atomic E-state index is 11.6. The summed E-state index contributed by atoms with van der Waals surface area (Å²) >= 11 is 0. The van der Waals surface area contributed by atoms with Crippen LogP contribution in [0.1, 0.15) is 11.1 Å². The van der Waals surface area contributed by atoms with Gasteiger partial charge < -0.3 is 20.1 Å². The van der Waals surface area contributed by atoms with Gasteiger partial charge in [-0.15, -0.1) is 0 Å². The highest BCUT2D eigenvalue weighted by molar-refractivity contribution is 5.69. The largest absolute Gasteiger partial charge is 0.454 e. The Morgan fingerprint density at radius 2 is 1.72 bits per heavy atom. The molecule has 1 aliphatic rings. The second-order valence-electron chi connectivity index (χ2n) is 6.38. The molecule has 1 aliphatic heterocycles. The number of hydrogen-bond donors (Lipinski definition) is 2. The molecular weight excluding hydrogens is 374 g/mol. The monoisotopic (exact) mass is 393 g/mol. The SMILES string of the molecule is O=[N+]([O-])c1c(NCCc2ccccc2)ncnc1NCc1ccc2c(c1)OCO2. The number of fused-ring (bicyclic) bond motifs is 1. The van der Waals surface area contributed by atoms with Gasteiger partial charge in [0.1, 0.15) is 6.33 Å². The first-order valence-electron chi connectivity index (χ1n) is 9.10. The summed E-state index contributed by atoms with van der Waals surface area (Å²) in [6.45, 7) is 1.06. The third kappa shape index (κ3) is 4.34. The van der Waals surface area contributed by atoms with Crippen molar-refractivity contribution in [2.75, 3.05) is 24.0 Å². The van der Waals surface area contributed by atoms with E-state index in [1.165, 1.54) is 6.33 Å². The summed E-state index contributed by atoms with van der Waals surface area (Å²) in [5.41, 5.74) is 1.85. The Balaban J connectivity index is 1.45. The fourth-order valence-electron chi connectivity index (χ4n) is 3.02. The van der Waals surface area contributed by atoms with E-state index in [1.54, 1.807) is 0 Å². The first kappa shape index (κ1) is 18.5. The van der Waals surface area contributed by atoms with Gasteiger partial charge in [0.25, 0.3) is 0 Å². The molecule has 0 saturated heterocycles. The van der Waals surface area contributed by atoms with Crippen molar-refractivity contribution < 1.29 is 14.4 Å². The number of nitrogens with zero attached hydrogens (tertiary/aromatic N) is 3. The first-order chi connectivity index (χ1) is 14.2. The molecule has 0 saturated carbocycles. The smallest absolute Gasteiger partial charge is 0.353 e. The predicted octanol–water partition coefficient (Wildman–Crippen LogP) is 3.38. The van der Waals surface area contributed by atoms with Gasteiger partial charge in [0.15, 0.2) is 11.5 Å². The maximum absolute atomic E-state index is 11.6.